The number of carbonyl (C=O) groups is 1. The molecule has 11 heavy (non-hydrogen) atoms. The maximum absolute atomic E-state index is 10.6. The molecule has 0 aliphatic heterocycles. The number of hydrogen-bond donors (Lipinski definition) is 0. The maximum atomic E-state index is 10.6. The molecular formula is C9H9OSe. The number of aryl methyl sites for hydroxylation is 1. The average Bonchev–Trinajstić information content (AvgIpc) is 2.03. The van der Waals surface area contributed by atoms with Crippen molar-refractivity contribution < 1.29 is 4.79 Å². The van der Waals surface area contributed by atoms with Crippen LogP contribution in [-0.4, -0.2) is 20.7 Å². The van der Waals surface area contributed by atoms with Crippen LogP contribution >= 0.6 is 0 Å². The molecule has 1 rings (SSSR count). The molecule has 0 unspecified atom stereocenters. The minimum absolute atomic E-state index is 0.133. The average molecular weight is 212 g/mol. The summed E-state index contributed by atoms with van der Waals surface area (Å²) in [5.41, 5.74) is 1.22. The van der Waals surface area contributed by atoms with Gasteiger partial charge in [0.25, 0.3) is 0 Å². The van der Waals surface area contributed by atoms with Gasteiger partial charge in [-0.15, -0.1) is 0 Å². The third-order valence-corrected chi connectivity index (χ3v) is 1.89. The topological polar surface area (TPSA) is 17.1 Å². The molecular weight excluding hydrogens is 203 g/mol. The van der Waals surface area contributed by atoms with E-state index in [0.717, 1.165) is 6.42 Å². The molecule has 1 aromatic carbocycles. The van der Waals surface area contributed by atoms with Crippen LogP contribution in [0.2, 0.25) is 0 Å². The monoisotopic (exact) mass is 213 g/mol. The fourth-order valence-electron chi connectivity index (χ4n) is 0.891. The van der Waals surface area contributed by atoms with Crippen molar-refractivity contribution >= 4 is 20.7 Å². The molecule has 0 aliphatic carbocycles. The van der Waals surface area contributed by atoms with Gasteiger partial charge in [0.2, 0.25) is 0 Å². The second kappa shape index (κ2) is 4.32. The second-order valence-electron chi connectivity index (χ2n) is 2.36. The molecule has 1 nitrogen and oxygen atoms in total. The van der Waals surface area contributed by atoms with E-state index in [2.05, 4.69) is 16.0 Å². The van der Waals surface area contributed by atoms with Crippen molar-refractivity contribution in [2.75, 3.05) is 0 Å². The first-order valence-electron chi connectivity index (χ1n) is 3.53. The molecule has 0 fully saturated rings. The normalized spacial score (nSPS) is 9.45. The second-order valence-corrected chi connectivity index (χ2v) is 3.31. The predicted molar refractivity (Wildman–Crippen MR) is 45.5 cm³/mol. The first-order valence-corrected chi connectivity index (χ1v) is 4.38. The molecule has 0 saturated heterocycles. The van der Waals surface area contributed by atoms with Crippen molar-refractivity contribution in [2.45, 2.75) is 12.8 Å². The summed E-state index contributed by atoms with van der Waals surface area (Å²) in [5, 5.41) is 0. The van der Waals surface area contributed by atoms with Crippen LogP contribution in [0.1, 0.15) is 12.0 Å². The van der Waals surface area contributed by atoms with Crippen molar-refractivity contribution in [1.82, 2.24) is 0 Å². The molecule has 0 saturated carbocycles. The van der Waals surface area contributed by atoms with Gasteiger partial charge in [0, 0.05) is 0 Å². The summed E-state index contributed by atoms with van der Waals surface area (Å²) < 4.78 is 0.133. The first-order chi connectivity index (χ1) is 5.29. The molecule has 2 heteroatoms. The Kier molecular flexibility index (Phi) is 3.34. The third-order valence-electron chi connectivity index (χ3n) is 1.46. The zero-order valence-electron chi connectivity index (χ0n) is 6.12. The fourth-order valence-corrected chi connectivity index (χ4v) is 1.11. The summed E-state index contributed by atoms with van der Waals surface area (Å²) in [6, 6.07) is 10.0. The van der Waals surface area contributed by atoms with E-state index in [9.17, 15) is 4.79 Å². The van der Waals surface area contributed by atoms with Crippen molar-refractivity contribution in [1.29, 1.82) is 0 Å². The Morgan fingerprint density at radius 2 is 1.91 bits per heavy atom. The van der Waals surface area contributed by atoms with Gasteiger partial charge in [0.1, 0.15) is 0 Å². The van der Waals surface area contributed by atoms with Gasteiger partial charge in [-0.25, -0.2) is 0 Å². The Morgan fingerprint density at radius 1 is 1.27 bits per heavy atom. The van der Waals surface area contributed by atoms with E-state index in [-0.39, 0.29) is 4.68 Å². The molecule has 0 spiro atoms. The van der Waals surface area contributed by atoms with Crippen LogP contribution in [-0.2, 0) is 11.2 Å². The number of rotatable bonds is 3. The molecule has 1 radical (unpaired) electrons. The Labute approximate surface area is 74.6 Å². The predicted octanol–water partition coefficient (Wildman–Crippen LogP) is 1.31. The van der Waals surface area contributed by atoms with Crippen LogP contribution in [0.25, 0.3) is 0 Å². The molecule has 0 heterocycles. The van der Waals surface area contributed by atoms with Gasteiger partial charge in [-0.2, -0.15) is 0 Å². The van der Waals surface area contributed by atoms with Crippen LogP contribution in [0.3, 0.4) is 0 Å². The van der Waals surface area contributed by atoms with Gasteiger partial charge in [-0.3, -0.25) is 0 Å². The summed E-state index contributed by atoms with van der Waals surface area (Å²) in [6.07, 6.45) is 1.44. The van der Waals surface area contributed by atoms with Gasteiger partial charge < -0.3 is 0 Å². The minimum atomic E-state index is 0.133. The third kappa shape index (κ3) is 3.35. The van der Waals surface area contributed by atoms with Gasteiger partial charge in [-0.1, -0.05) is 0 Å². The molecule has 0 amide bonds. The van der Waals surface area contributed by atoms with Gasteiger partial charge >= 0.3 is 74.2 Å². The number of hydrogen-bond acceptors (Lipinski definition) is 1. The van der Waals surface area contributed by atoms with E-state index < -0.39 is 0 Å². The van der Waals surface area contributed by atoms with Gasteiger partial charge in [-0.05, 0) is 0 Å². The number of carbonyl (C=O) groups excluding carboxylic acids is 1. The van der Waals surface area contributed by atoms with E-state index in [0.29, 0.717) is 6.42 Å². The molecule has 0 bridgehead atoms. The molecule has 0 atom stereocenters. The Morgan fingerprint density at radius 3 is 2.45 bits per heavy atom. The standard InChI is InChI=1S/C9H9OSe/c10-9(11)7-6-8-4-2-1-3-5-8/h1-5H,6-7H2. The van der Waals surface area contributed by atoms with Gasteiger partial charge in [0.05, 0.1) is 0 Å². The molecule has 1 aromatic rings. The summed E-state index contributed by atoms with van der Waals surface area (Å²) in [6.45, 7) is 0. The van der Waals surface area contributed by atoms with E-state index in [1.165, 1.54) is 5.56 Å². The Bertz CT molecular complexity index is 231. The zero-order valence-corrected chi connectivity index (χ0v) is 7.83. The Hall–Kier alpha value is -0.591. The van der Waals surface area contributed by atoms with Crippen molar-refractivity contribution in [3.63, 3.8) is 0 Å². The van der Waals surface area contributed by atoms with Gasteiger partial charge in [0.15, 0.2) is 0 Å². The van der Waals surface area contributed by atoms with Crippen LogP contribution in [0.4, 0.5) is 0 Å². The van der Waals surface area contributed by atoms with E-state index in [1.807, 2.05) is 30.3 Å². The first kappa shape index (κ1) is 8.51. The molecule has 0 aromatic heterocycles. The SMILES string of the molecule is O=C([Se])CCc1ccccc1. The van der Waals surface area contributed by atoms with Crippen LogP contribution < -0.4 is 0 Å². The molecule has 0 aliphatic rings. The molecule has 0 N–H and O–H groups in total. The quantitative estimate of drug-likeness (QED) is 0.690. The Balaban J connectivity index is 2.45. The summed E-state index contributed by atoms with van der Waals surface area (Å²) in [4.78, 5) is 10.6. The summed E-state index contributed by atoms with van der Waals surface area (Å²) in [7, 11) is 0. The van der Waals surface area contributed by atoms with Crippen LogP contribution in [0.5, 0.6) is 0 Å². The van der Waals surface area contributed by atoms with Crippen molar-refractivity contribution in [3.8, 4) is 0 Å². The zero-order chi connectivity index (χ0) is 8.10. The fraction of sp³-hybridized carbons (Fsp3) is 0.222. The van der Waals surface area contributed by atoms with Crippen molar-refractivity contribution in [3.05, 3.63) is 35.9 Å². The van der Waals surface area contributed by atoms with E-state index in [1.54, 1.807) is 0 Å². The van der Waals surface area contributed by atoms with Crippen LogP contribution in [0.15, 0.2) is 30.3 Å². The molecule has 57 valence electrons. The van der Waals surface area contributed by atoms with E-state index >= 15 is 0 Å². The summed E-state index contributed by atoms with van der Waals surface area (Å²) >= 11 is 2.47. The summed E-state index contributed by atoms with van der Waals surface area (Å²) in [5.74, 6) is 0. The van der Waals surface area contributed by atoms with Crippen LogP contribution in [0, 0.1) is 0 Å². The number of benzene rings is 1. The van der Waals surface area contributed by atoms with E-state index in [4.69, 9.17) is 0 Å². The van der Waals surface area contributed by atoms with Crippen molar-refractivity contribution in [2.24, 2.45) is 0 Å².